The summed E-state index contributed by atoms with van der Waals surface area (Å²) in [5.74, 6) is -0.0772. The van der Waals surface area contributed by atoms with E-state index in [1.807, 2.05) is 36.5 Å². The Kier molecular flexibility index (Phi) is 7.92. The summed E-state index contributed by atoms with van der Waals surface area (Å²) >= 11 is 0. The van der Waals surface area contributed by atoms with Gasteiger partial charge in [0.2, 0.25) is 0 Å². The maximum atomic E-state index is 12.6. The van der Waals surface area contributed by atoms with Crippen LogP contribution >= 0.6 is 12.4 Å². The fourth-order valence-corrected chi connectivity index (χ4v) is 4.61. The summed E-state index contributed by atoms with van der Waals surface area (Å²) in [6.07, 6.45) is 0.533. The number of fused-ring (bicyclic) bond motifs is 1. The molecule has 0 unspecified atom stereocenters. The second kappa shape index (κ2) is 11.1. The van der Waals surface area contributed by atoms with E-state index in [0.717, 1.165) is 48.4 Å². The third-order valence-electron chi connectivity index (χ3n) is 6.48. The molecule has 10 heteroatoms. The van der Waals surface area contributed by atoms with Crippen LogP contribution in [0.4, 0.5) is 18.9 Å². The molecule has 4 aromatic rings. The summed E-state index contributed by atoms with van der Waals surface area (Å²) in [7, 11) is 0. The number of pyridine rings is 1. The first-order chi connectivity index (χ1) is 17.4. The van der Waals surface area contributed by atoms with Gasteiger partial charge < -0.3 is 15.0 Å². The second-order valence-corrected chi connectivity index (χ2v) is 8.80. The Morgan fingerprint density at radius 3 is 2.38 bits per heavy atom. The van der Waals surface area contributed by atoms with Crippen LogP contribution in [0.2, 0.25) is 0 Å². The lowest BCUT2D eigenvalue weighted by molar-refractivity contribution is -0.274. The van der Waals surface area contributed by atoms with Crippen molar-refractivity contribution in [2.45, 2.75) is 31.7 Å². The number of carbonyl (C=O) groups excluding carboxylic acids is 1. The van der Waals surface area contributed by atoms with Crippen molar-refractivity contribution in [2.75, 3.05) is 18.0 Å². The number of imidazole rings is 1. The second-order valence-electron chi connectivity index (χ2n) is 8.80. The van der Waals surface area contributed by atoms with Crippen molar-refractivity contribution in [3.63, 3.8) is 0 Å². The Balaban J connectivity index is 0.00000320. The molecule has 2 aromatic heterocycles. The number of ether oxygens (including phenoxy) is 1. The highest BCUT2D eigenvalue weighted by atomic mass is 35.5. The van der Waals surface area contributed by atoms with Crippen LogP contribution in [0.25, 0.3) is 5.65 Å². The number of carbonyl (C=O) groups is 1. The minimum Gasteiger partial charge on any atom is -0.406 e. The zero-order valence-corrected chi connectivity index (χ0v) is 20.6. The van der Waals surface area contributed by atoms with Crippen LogP contribution in [0.3, 0.4) is 0 Å². The molecule has 5 rings (SSSR count). The molecule has 1 amide bonds. The van der Waals surface area contributed by atoms with Crippen molar-refractivity contribution in [3.8, 4) is 5.75 Å². The van der Waals surface area contributed by atoms with Gasteiger partial charge in [-0.15, -0.1) is 25.6 Å². The van der Waals surface area contributed by atoms with E-state index in [1.54, 1.807) is 22.7 Å². The van der Waals surface area contributed by atoms with Crippen LogP contribution in [0, 0.1) is 0 Å². The fraction of sp³-hybridized carbons (Fsp3) is 0.259. The fourth-order valence-electron chi connectivity index (χ4n) is 4.61. The average Bonchev–Trinajstić information content (AvgIpc) is 3.32. The molecule has 6 nitrogen and oxygen atoms in total. The van der Waals surface area contributed by atoms with E-state index >= 15 is 0 Å². The van der Waals surface area contributed by atoms with Crippen molar-refractivity contribution >= 4 is 29.6 Å². The van der Waals surface area contributed by atoms with Gasteiger partial charge in [0.1, 0.15) is 17.1 Å². The molecule has 0 aliphatic carbocycles. The number of piperidine rings is 1. The molecule has 1 aliphatic heterocycles. The molecule has 0 radical (unpaired) electrons. The first-order valence-corrected chi connectivity index (χ1v) is 11.8. The number of anilines is 1. The summed E-state index contributed by atoms with van der Waals surface area (Å²) in [6.45, 7) is 2.13. The molecule has 0 atom stereocenters. The van der Waals surface area contributed by atoms with Gasteiger partial charge in [-0.2, -0.15) is 0 Å². The number of nitrogens with one attached hydrogen (secondary N) is 1. The maximum Gasteiger partial charge on any atom is 0.573 e. The number of alkyl halides is 3. The lowest BCUT2D eigenvalue weighted by Crippen LogP contribution is -2.32. The van der Waals surface area contributed by atoms with Gasteiger partial charge in [0, 0.05) is 31.5 Å². The predicted molar refractivity (Wildman–Crippen MR) is 137 cm³/mol. The normalized spacial score (nSPS) is 14.3. The smallest absolute Gasteiger partial charge is 0.406 e. The summed E-state index contributed by atoms with van der Waals surface area (Å²) in [4.78, 5) is 19.2. The van der Waals surface area contributed by atoms with E-state index in [0.29, 0.717) is 18.2 Å². The Morgan fingerprint density at radius 2 is 1.70 bits per heavy atom. The van der Waals surface area contributed by atoms with E-state index < -0.39 is 6.36 Å². The van der Waals surface area contributed by atoms with Gasteiger partial charge in [0.05, 0.1) is 6.20 Å². The average molecular weight is 531 g/mol. The summed E-state index contributed by atoms with van der Waals surface area (Å²) in [6, 6.07) is 19.9. The highest BCUT2D eigenvalue weighted by Crippen LogP contribution is 2.32. The number of amides is 1. The van der Waals surface area contributed by atoms with Crippen LogP contribution in [-0.4, -0.2) is 34.7 Å². The van der Waals surface area contributed by atoms with Crippen molar-refractivity contribution in [3.05, 3.63) is 95.9 Å². The van der Waals surface area contributed by atoms with Gasteiger partial charge in [-0.1, -0.05) is 30.3 Å². The molecular formula is C27H26ClF3N4O2. The minimum absolute atomic E-state index is 0. The van der Waals surface area contributed by atoms with Crippen LogP contribution < -0.4 is 15.0 Å². The number of benzene rings is 2. The van der Waals surface area contributed by atoms with Gasteiger partial charge >= 0.3 is 6.36 Å². The van der Waals surface area contributed by atoms with Crippen molar-refractivity contribution in [1.29, 1.82) is 0 Å². The quantitative estimate of drug-likeness (QED) is 0.334. The van der Waals surface area contributed by atoms with Gasteiger partial charge in [0.25, 0.3) is 5.91 Å². The number of halogens is 4. The van der Waals surface area contributed by atoms with Crippen LogP contribution in [0.1, 0.15) is 40.4 Å². The third kappa shape index (κ3) is 6.35. The van der Waals surface area contributed by atoms with Gasteiger partial charge in [0.15, 0.2) is 0 Å². The molecule has 2 aromatic carbocycles. The molecular weight excluding hydrogens is 505 g/mol. The summed E-state index contributed by atoms with van der Waals surface area (Å²) < 4.78 is 42.8. The molecule has 3 heterocycles. The topological polar surface area (TPSA) is 58.9 Å². The van der Waals surface area contributed by atoms with Crippen molar-refractivity contribution < 1.29 is 22.7 Å². The zero-order valence-electron chi connectivity index (χ0n) is 19.8. The monoisotopic (exact) mass is 530 g/mol. The van der Waals surface area contributed by atoms with Gasteiger partial charge in [-0.05, 0) is 66.3 Å². The van der Waals surface area contributed by atoms with Crippen LogP contribution in [0.5, 0.6) is 5.75 Å². The highest BCUT2D eigenvalue weighted by molar-refractivity contribution is 5.93. The molecule has 0 spiro atoms. The molecule has 37 heavy (non-hydrogen) atoms. The molecule has 0 bridgehead atoms. The number of hydrogen-bond donors (Lipinski definition) is 1. The molecule has 1 fully saturated rings. The lowest BCUT2D eigenvalue weighted by atomic mass is 9.89. The first kappa shape index (κ1) is 26.3. The Hall–Kier alpha value is -3.72. The maximum absolute atomic E-state index is 12.6. The lowest BCUT2D eigenvalue weighted by Gasteiger charge is -2.34. The molecule has 1 N–H and O–H groups in total. The standard InChI is InChI=1S/C27H25F3N4O2.ClH/c28-27(29,30)36-23-10-6-20(7-11-23)21-12-15-33(16-13-21)22-8-4-19(5-9-22)17-32-26(35)24-18-31-25-3-1-2-14-34(24)25;/h1-11,14,18,21H,12-13,15-17H2,(H,32,35);1H. The van der Waals surface area contributed by atoms with E-state index in [2.05, 4.69) is 32.1 Å². The molecule has 1 aliphatic rings. The summed E-state index contributed by atoms with van der Waals surface area (Å²) in [5, 5.41) is 2.95. The van der Waals surface area contributed by atoms with E-state index in [1.165, 1.54) is 12.1 Å². The van der Waals surface area contributed by atoms with E-state index in [4.69, 9.17) is 0 Å². The van der Waals surface area contributed by atoms with E-state index in [-0.39, 0.29) is 24.1 Å². The number of nitrogens with zero attached hydrogens (tertiary/aromatic N) is 3. The van der Waals surface area contributed by atoms with Gasteiger partial charge in [-0.3, -0.25) is 9.20 Å². The molecule has 0 saturated carbocycles. The number of rotatable bonds is 6. The minimum atomic E-state index is -4.68. The number of aromatic nitrogens is 2. The summed E-state index contributed by atoms with van der Waals surface area (Å²) in [5.41, 5.74) is 4.35. The Bertz CT molecular complexity index is 1330. The molecule has 194 valence electrons. The largest absolute Gasteiger partial charge is 0.573 e. The van der Waals surface area contributed by atoms with E-state index in [9.17, 15) is 18.0 Å². The van der Waals surface area contributed by atoms with Crippen LogP contribution in [-0.2, 0) is 6.54 Å². The first-order valence-electron chi connectivity index (χ1n) is 11.8. The number of hydrogen-bond acceptors (Lipinski definition) is 4. The van der Waals surface area contributed by atoms with Crippen LogP contribution in [0.15, 0.2) is 79.1 Å². The van der Waals surface area contributed by atoms with Crippen molar-refractivity contribution in [2.24, 2.45) is 0 Å². The molecule has 1 saturated heterocycles. The Labute approximate surface area is 218 Å². The van der Waals surface area contributed by atoms with Crippen molar-refractivity contribution in [1.82, 2.24) is 14.7 Å². The SMILES string of the molecule is Cl.O=C(NCc1ccc(N2CCC(c3ccc(OC(F)(F)F)cc3)CC2)cc1)c1cnc2ccccn12. The predicted octanol–water partition coefficient (Wildman–Crippen LogP) is 5.97. The van der Waals surface area contributed by atoms with Gasteiger partial charge in [-0.25, -0.2) is 4.98 Å². The third-order valence-corrected chi connectivity index (χ3v) is 6.48. The highest BCUT2D eigenvalue weighted by Gasteiger charge is 2.31. The zero-order chi connectivity index (χ0) is 25.1. The Morgan fingerprint density at radius 1 is 1.00 bits per heavy atom.